The molecular formula is C30H44NO6S2+. The van der Waals surface area contributed by atoms with E-state index in [0.717, 1.165) is 12.1 Å². The van der Waals surface area contributed by atoms with Gasteiger partial charge in [-0.3, -0.25) is 9.11 Å². The fraction of sp³-hybridized carbons (Fsp3) is 0.467. The molecule has 3 rings (SSSR count). The minimum absolute atomic E-state index is 0.0233. The molecule has 0 aromatic heterocycles. The summed E-state index contributed by atoms with van der Waals surface area (Å²) >= 11 is 0. The highest BCUT2D eigenvalue weighted by atomic mass is 32.2. The minimum atomic E-state index is -4.47. The van der Waals surface area contributed by atoms with Gasteiger partial charge >= 0.3 is 0 Å². The van der Waals surface area contributed by atoms with Crippen LogP contribution in [0.25, 0.3) is 10.8 Å². The van der Waals surface area contributed by atoms with Crippen LogP contribution in [0.1, 0.15) is 70.4 Å². The zero-order valence-electron chi connectivity index (χ0n) is 23.6. The Morgan fingerprint density at radius 3 is 1.33 bits per heavy atom. The lowest BCUT2D eigenvalue weighted by molar-refractivity contribution is -0.941. The number of hydrogen-bond donors (Lipinski definition) is 2. The smallest absolute Gasteiger partial charge is 0.295 e. The van der Waals surface area contributed by atoms with Gasteiger partial charge in [0.1, 0.15) is 16.3 Å². The first-order valence-corrected chi connectivity index (χ1v) is 16.6. The van der Waals surface area contributed by atoms with E-state index < -0.39 is 30.0 Å². The number of rotatable bonds is 13. The monoisotopic (exact) mass is 578 g/mol. The van der Waals surface area contributed by atoms with E-state index in [4.69, 9.17) is 9.11 Å². The van der Waals surface area contributed by atoms with Crippen LogP contribution in [0.15, 0.2) is 70.5 Å². The summed E-state index contributed by atoms with van der Waals surface area (Å²) in [5.41, 5.74) is 2.89. The molecule has 0 fully saturated rings. The van der Waals surface area contributed by atoms with Gasteiger partial charge in [-0.05, 0) is 38.3 Å². The maximum absolute atomic E-state index is 11.2. The van der Waals surface area contributed by atoms with E-state index in [1.54, 1.807) is 0 Å². The maximum atomic E-state index is 11.2. The zero-order valence-corrected chi connectivity index (χ0v) is 25.3. The molecule has 7 nitrogen and oxygen atoms in total. The fourth-order valence-corrected chi connectivity index (χ4v) is 6.25. The van der Waals surface area contributed by atoms with Gasteiger partial charge in [0, 0.05) is 16.3 Å². The summed E-state index contributed by atoms with van der Waals surface area (Å²) in [7, 11) is -8.94. The van der Waals surface area contributed by atoms with Crippen molar-refractivity contribution >= 4 is 31.0 Å². The van der Waals surface area contributed by atoms with E-state index >= 15 is 0 Å². The van der Waals surface area contributed by atoms with Crippen molar-refractivity contribution in [2.45, 2.75) is 82.6 Å². The van der Waals surface area contributed by atoms with Crippen LogP contribution in [0, 0.1) is 6.92 Å². The van der Waals surface area contributed by atoms with Crippen LogP contribution in [-0.4, -0.2) is 50.1 Å². The van der Waals surface area contributed by atoms with Crippen LogP contribution in [0.5, 0.6) is 0 Å². The number of quaternary nitrogens is 1. The summed E-state index contributed by atoms with van der Waals surface area (Å²) in [6.45, 7) is 14.4. The Kier molecular flexibility index (Phi) is 12.6. The largest absolute Gasteiger partial charge is 0.320 e. The molecule has 9 heteroatoms. The van der Waals surface area contributed by atoms with Crippen molar-refractivity contribution in [2.24, 2.45) is 0 Å². The lowest BCUT2D eigenvalue weighted by Gasteiger charge is -2.39. The fourth-order valence-electron chi connectivity index (χ4n) is 4.84. The Morgan fingerprint density at radius 2 is 1.00 bits per heavy atom. The first kappa shape index (κ1) is 32.9. The highest BCUT2D eigenvalue weighted by Gasteiger charge is 2.26. The molecule has 0 bridgehead atoms. The molecule has 0 radical (unpaired) electrons. The number of fused-ring (bicyclic) bond motifs is 1. The molecule has 39 heavy (non-hydrogen) atoms. The van der Waals surface area contributed by atoms with Gasteiger partial charge < -0.3 is 4.48 Å². The Balaban J connectivity index is 0.000000276. The molecule has 0 aliphatic carbocycles. The molecule has 0 amide bonds. The van der Waals surface area contributed by atoms with Crippen molar-refractivity contribution in [1.29, 1.82) is 0 Å². The van der Waals surface area contributed by atoms with Gasteiger partial charge in [0.05, 0.1) is 19.6 Å². The van der Waals surface area contributed by atoms with Crippen LogP contribution < -0.4 is 0 Å². The lowest BCUT2D eigenvalue weighted by Crippen LogP contribution is -2.49. The van der Waals surface area contributed by atoms with Crippen molar-refractivity contribution in [1.82, 2.24) is 0 Å². The third-order valence-corrected chi connectivity index (χ3v) is 8.82. The molecule has 216 valence electrons. The minimum Gasteiger partial charge on any atom is -0.320 e. The van der Waals surface area contributed by atoms with E-state index in [-0.39, 0.29) is 10.8 Å². The highest BCUT2D eigenvalue weighted by molar-refractivity contribution is 7.86. The summed E-state index contributed by atoms with van der Waals surface area (Å²) < 4.78 is 64.0. The van der Waals surface area contributed by atoms with E-state index in [1.807, 2.05) is 0 Å². The normalized spacial score (nSPS) is 12.3. The second-order valence-corrected chi connectivity index (χ2v) is 13.1. The van der Waals surface area contributed by atoms with Crippen molar-refractivity contribution in [3.63, 3.8) is 0 Å². The van der Waals surface area contributed by atoms with E-state index in [1.165, 1.54) is 105 Å². The third-order valence-electron chi connectivity index (χ3n) is 6.99. The molecule has 0 aliphatic heterocycles. The van der Waals surface area contributed by atoms with Crippen molar-refractivity contribution in [3.8, 4) is 0 Å². The summed E-state index contributed by atoms with van der Waals surface area (Å²) in [5.74, 6) is 0. The maximum Gasteiger partial charge on any atom is 0.295 e. The third kappa shape index (κ3) is 9.99. The van der Waals surface area contributed by atoms with E-state index in [9.17, 15) is 16.8 Å². The second kappa shape index (κ2) is 14.9. The van der Waals surface area contributed by atoms with Crippen molar-refractivity contribution in [3.05, 3.63) is 71.8 Å². The Morgan fingerprint density at radius 1 is 0.615 bits per heavy atom. The van der Waals surface area contributed by atoms with E-state index in [0.29, 0.717) is 0 Å². The van der Waals surface area contributed by atoms with E-state index in [2.05, 4.69) is 52.0 Å². The number of aryl methyl sites for hydroxylation is 1. The zero-order chi connectivity index (χ0) is 29.1. The quantitative estimate of drug-likeness (QED) is 0.166. The summed E-state index contributed by atoms with van der Waals surface area (Å²) in [5, 5.41) is 0.0465. The molecule has 3 aromatic rings. The SMILES string of the molecule is CCCC[N+](CCCC)(CCCC)Cc1ccc(C)cc1.O=S(=O)(O)c1cccc2c(S(=O)(=O)O)cccc12. The molecule has 0 atom stereocenters. The Labute approximate surface area is 235 Å². The molecule has 0 unspecified atom stereocenters. The van der Waals surface area contributed by atoms with Gasteiger partial charge in [0.25, 0.3) is 20.2 Å². The molecular weight excluding hydrogens is 534 g/mol. The van der Waals surface area contributed by atoms with Crippen molar-refractivity contribution < 1.29 is 30.4 Å². The van der Waals surface area contributed by atoms with Gasteiger partial charge in [-0.15, -0.1) is 0 Å². The van der Waals surface area contributed by atoms with Crippen LogP contribution in [0.3, 0.4) is 0 Å². The highest BCUT2D eigenvalue weighted by Crippen LogP contribution is 2.28. The van der Waals surface area contributed by atoms with Gasteiger partial charge in [0.2, 0.25) is 0 Å². The average molecular weight is 579 g/mol. The van der Waals surface area contributed by atoms with Crippen LogP contribution >= 0.6 is 0 Å². The van der Waals surface area contributed by atoms with Gasteiger partial charge in [-0.25, -0.2) is 0 Å². The molecule has 0 heterocycles. The molecule has 3 aromatic carbocycles. The molecule has 0 aliphatic rings. The van der Waals surface area contributed by atoms with Gasteiger partial charge in [-0.1, -0.05) is 94.1 Å². The molecule has 2 N–H and O–H groups in total. The first-order valence-electron chi connectivity index (χ1n) is 13.7. The van der Waals surface area contributed by atoms with Crippen LogP contribution in [0.2, 0.25) is 0 Å². The predicted octanol–water partition coefficient (Wildman–Crippen LogP) is 7.05. The lowest BCUT2D eigenvalue weighted by atomic mass is 10.1. The summed E-state index contributed by atoms with van der Waals surface area (Å²) in [6, 6.07) is 16.7. The molecule has 0 saturated carbocycles. The summed E-state index contributed by atoms with van der Waals surface area (Å²) in [4.78, 5) is -0.823. The number of benzene rings is 3. The van der Waals surface area contributed by atoms with Crippen LogP contribution in [0.4, 0.5) is 0 Å². The predicted molar refractivity (Wildman–Crippen MR) is 158 cm³/mol. The van der Waals surface area contributed by atoms with Crippen molar-refractivity contribution in [2.75, 3.05) is 19.6 Å². The molecule has 0 saturated heterocycles. The second-order valence-electron chi connectivity index (χ2n) is 10.3. The number of hydrogen-bond acceptors (Lipinski definition) is 4. The summed E-state index contributed by atoms with van der Waals surface area (Å²) in [6.07, 6.45) is 8.02. The topological polar surface area (TPSA) is 109 Å². The van der Waals surface area contributed by atoms with Crippen LogP contribution in [-0.2, 0) is 26.8 Å². The Hall–Kier alpha value is -2.30. The number of unbranched alkanes of at least 4 members (excludes halogenated alkanes) is 3. The number of nitrogens with zero attached hydrogens (tertiary/aromatic N) is 1. The average Bonchev–Trinajstić information content (AvgIpc) is 2.89. The van der Waals surface area contributed by atoms with Gasteiger partial charge in [0.15, 0.2) is 0 Å². The van der Waals surface area contributed by atoms with Gasteiger partial charge in [-0.2, -0.15) is 16.8 Å². The molecule has 0 spiro atoms. The Bertz CT molecular complexity index is 1310. The standard InChI is InChI=1S/C20H36N.C10H8O6S2/c1-5-8-15-21(16-9-6-2,17-10-7-3)18-20-13-11-19(4)12-14-20;11-17(12,13)9-5-1-3-7-8(9)4-2-6-10(7)18(14,15)16/h11-14H,5-10,15-18H2,1-4H3;1-6H,(H,11,12,13)(H,14,15,16)/q+1;. The first-order chi connectivity index (χ1) is 18.4.